The lowest BCUT2D eigenvalue weighted by Gasteiger charge is -2.52. The molecule has 0 spiro atoms. The Balaban J connectivity index is 1.38. The minimum atomic E-state index is 0.0784. The number of aryl methyl sites for hydroxylation is 8. The molecule has 0 aliphatic carbocycles. The maximum Gasteiger partial charge on any atom is 0.252 e. The lowest BCUT2D eigenvalue weighted by Crippen LogP contribution is -2.69. The second-order valence-corrected chi connectivity index (χ2v) is 17.3. The van der Waals surface area contributed by atoms with Gasteiger partial charge in [0.15, 0.2) is 0 Å². The Morgan fingerprint density at radius 3 is 1.09 bits per heavy atom. The first kappa shape index (κ1) is 33.4. The van der Waals surface area contributed by atoms with Crippen LogP contribution in [0.2, 0.25) is 0 Å². The van der Waals surface area contributed by atoms with Crippen LogP contribution < -0.4 is 47.5 Å². The monoisotopic (exact) mass is 721 g/mol. The Kier molecular flexibility index (Phi) is 6.89. The van der Waals surface area contributed by atoms with Crippen LogP contribution in [0.3, 0.4) is 0 Å². The molecule has 0 amide bonds. The van der Waals surface area contributed by atoms with Crippen LogP contribution in [0.25, 0.3) is 0 Å². The summed E-state index contributed by atoms with van der Waals surface area (Å²) in [5, 5.41) is 0. The molecule has 0 radical (unpaired) electrons. The van der Waals surface area contributed by atoms with E-state index >= 15 is 0 Å². The van der Waals surface area contributed by atoms with Gasteiger partial charge in [-0.1, -0.05) is 71.8 Å². The Hall–Kier alpha value is -5.93. The van der Waals surface area contributed by atoms with E-state index in [0.29, 0.717) is 0 Å². The molecule has 3 nitrogen and oxygen atoms in total. The molecule has 0 atom stereocenters. The third-order valence-electron chi connectivity index (χ3n) is 12.9. The van der Waals surface area contributed by atoms with Crippen LogP contribution in [0.15, 0.2) is 109 Å². The molecule has 7 aromatic carbocycles. The zero-order valence-corrected chi connectivity index (χ0v) is 33.9. The van der Waals surface area contributed by atoms with Crippen LogP contribution in [-0.4, -0.2) is 13.4 Å². The van der Waals surface area contributed by atoms with Gasteiger partial charge in [-0.15, -0.1) is 0 Å². The standard InChI is InChI=1S/C51H45B2N3/c1-28-12-16-43-41(24-28)52-39-14-10-30(3)26-45(39)54(37-20-32(5)18-33(6)21-37)49-36(9)50-48-51(47(49)52)56(43)44-17-13-29(2)25-42(44)53(48)40-15-11-31(4)27-46(40)55(50)38-22-34(7)19-35(8)23-38/h10-27H,1-9H3. The molecular formula is C51H45B2N3. The van der Waals surface area contributed by atoms with Gasteiger partial charge in [0.2, 0.25) is 0 Å². The summed E-state index contributed by atoms with van der Waals surface area (Å²) in [5.74, 6) is 0. The molecule has 0 saturated heterocycles. The van der Waals surface area contributed by atoms with Gasteiger partial charge in [0.25, 0.3) is 13.4 Å². The molecule has 4 heterocycles. The molecule has 0 aromatic heterocycles. The van der Waals surface area contributed by atoms with Gasteiger partial charge in [-0.3, -0.25) is 0 Å². The van der Waals surface area contributed by atoms with Gasteiger partial charge >= 0.3 is 0 Å². The molecule has 0 bridgehead atoms. The van der Waals surface area contributed by atoms with Crippen molar-refractivity contribution in [2.75, 3.05) is 14.7 Å². The molecule has 270 valence electrons. The van der Waals surface area contributed by atoms with Gasteiger partial charge in [-0.05, 0) is 183 Å². The highest BCUT2D eigenvalue weighted by Crippen LogP contribution is 2.52. The van der Waals surface area contributed by atoms with Gasteiger partial charge in [0.05, 0.1) is 0 Å². The predicted octanol–water partition coefficient (Wildman–Crippen LogP) is 9.16. The van der Waals surface area contributed by atoms with Crippen LogP contribution in [0.4, 0.5) is 51.2 Å². The Morgan fingerprint density at radius 2 is 0.679 bits per heavy atom. The molecule has 4 aliphatic heterocycles. The Bertz CT molecular complexity index is 2670. The first-order valence-corrected chi connectivity index (χ1v) is 20.2. The second-order valence-electron chi connectivity index (χ2n) is 17.3. The first-order chi connectivity index (χ1) is 27.0. The minimum Gasteiger partial charge on any atom is -0.312 e. The topological polar surface area (TPSA) is 9.72 Å². The summed E-state index contributed by atoms with van der Waals surface area (Å²) in [6.45, 7) is 20.5. The van der Waals surface area contributed by atoms with Crippen molar-refractivity contribution in [3.8, 4) is 0 Å². The third-order valence-corrected chi connectivity index (χ3v) is 12.9. The van der Waals surface area contributed by atoms with Crippen LogP contribution in [0.5, 0.6) is 0 Å². The van der Waals surface area contributed by atoms with Crippen molar-refractivity contribution in [3.63, 3.8) is 0 Å². The SMILES string of the molecule is Cc1cc(C)cc(N2c3cc(C)ccc3B3c4cc(C)ccc4N4c5ccc(C)cc5B5c6ccc(C)cc6N(c6cc(C)cc(C)c6)c6c(C)c2c3c4c65)c1. The highest BCUT2D eigenvalue weighted by Gasteiger charge is 2.52. The van der Waals surface area contributed by atoms with Crippen LogP contribution in [0, 0.1) is 62.3 Å². The summed E-state index contributed by atoms with van der Waals surface area (Å²) in [6, 6.07) is 42.9. The van der Waals surface area contributed by atoms with E-state index < -0.39 is 0 Å². The van der Waals surface area contributed by atoms with Crippen LogP contribution >= 0.6 is 0 Å². The van der Waals surface area contributed by atoms with E-state index in [4.69, 9.17) is 0 Å². The van der Waals surface area contributed by atoms with Gasteiger partial charge < -0.3 is 14.7 Å². The number of rotatable bonds is 2. The summed E-state index contributed by atoms with van der Waals surface area (Å²) in [5.41, 5.74) is 31.4. The average Bonchev–Trinajstić information content (AvgIpc) is 3.14. The highest BCUT2D eigenvalue weighted by molar-refractivity contribution is 7.05. The molecule has 0 N–H and O–H groups in total. The van der Waals surface area contributed by atoms with Gasteiger partial charge in [0, 0.05) is 51.2 Å². The number of nitrogens with zero attached hydrogens (tertiary/aromatic N) is 3. The van der Waals surface area contributed by atoms with Gasteiger partial charge in [0.1, 0.15) is 0 Å². The number of hydrogen-bond donors (Lipinski definition) is 0. The van der Waals surface area contributed by atoms with Gasteiger partial charge in [-0.25, -0.2) is 0 Å². The van der Waals surface area contributed by atoms with E-state index in [1.54, 1.807) is 0 Å². The van der Waals surface area contributed by atoms with Crippen molar-refractivity contribution in [2.45, 2.75) is 62.3 Å². The van der Waals surface area contributed by atoms with E-state index in [1.807, 2.05) is 0 Å². The molecule has 56 heavy (non-hydrogen) atoms. The fourth-order valence-corrected chi connectivity index (χ4v) is 10.9. The molecule has 0 saturated carbocycles. The number of benzene rings is 7. The van der Waals surface area contributed by atoms with Crippen molar-refractivity contribution < 1.29 is 0 Å². The summed E-state index contributed by atoms with van der Waals surface area (Å²) < 4.78 is 0. The second kappa shape index (κ2) is 11.6. The van der Waals surface area contributed by atoms with E-state index in [9.17, 15) is 0 Å². The van der Waals surface area contributed by atoms with Crippen molar-refractivity contribution in [2.24, 2.45) is 0 Å². The van der Waals surface area contributed by atoms with E-state index in [-0.39, 0.29) is 13.4 Å². The number of hydrogen-bond acceptors (Lipinski definition) is 3. The smallest absolute Gasteiger partial charge is 0.252 e. The zero-order valence-electron chi connectivity index (χ0n) is 33.9. The fraction of sp³-hybridized carbons (Fsp3) is 0.176. The summed E-state index contributed by atoms with van der Waals surface area (Å²) >= 11 is 0. The predicted molar refractivity (Wildman–Crippen MR) is 242 cm³/mol. The normalized spacial score (nSPS) is 14.0. The van der Waals surface area contributed by atoms with Crippen LogP contribution in [0.1, 0.15) is 50.1 Å². The van der Waals surface area contributed by atoms with Crippen molar-refractivity contribution in [1.82, 2.24) is 0 Å². The summed E-state index contributed by atoms with van der Waals surface area (Å²) in [6.07, 6.45) is 0. The minimum absolute atomic E-state index is 0.0784. The highest BCUT2D eigenvalue weighted by atomic mass is 15.2. The largest absolute Gasteiger partial charge is 0.312 e. The third kappa shape index (κ3) is 4.49. The van der Waals surface area contributed by atoms with Crippen LogP contribution in [-0.2, 0) is 0 Å². The lowest BCUT2D eigenvalue weighted by atomic mass is 9.28. The number of fused-ring (bicyclic) bond motifs is 10. The summed E-state index contributed by atoms with van der Waals surface area (Å²) in [4.78, 5) is 7.92. The van der Waals surface area contributed by atoms with Crippen molar-refractivity contribution in [3.05, 3.63) is 159 Å². The summed E-state index contributed by atoms with van der Waals surface area (Å²) in [7, 11) is 0. The molecule has 0 fully saturated rings. The molecule has 11 rings (SSSR count). The average molecular weight is 722 g/mol. The van der Waals surface area contributed by atoms with E-state index in [2.05, 4.69) is 186 Å². The molecule has 4 aliphatic rings. The van der Waals surface area contributed by atoms with E-state index in [1.165, 1.54) is 134 Å². The first-order valence-electron chi connectivity index (χ1n) is 20.2. The Labute approximate surface area is 332 Å². The lowest BCUT2D eigenvalue weighted by molar-refractivity contribution is 1.18. The number of anilines is 9. The molecule has 5 heteroatoms. The zero-order chi connectivity index (χ0) is 38.5. The fourth-order valence-electron chi connectivity index (χ4n) is 10.9. The van der Waals surface area contributed by atoms with E-state index in [0.717, 1.165) is 0 Å². The molecule has 7 aromatic rings. The maximum atomic E-state index is 2.66. The molecule has 0 unspecified atom stereocenters. The van der Waals surface area contributed by atoms with Crippen molar-refractivity contribution >= 4 is 97.4 Å². The maximum absolute atomic E-state index is 2.66. The Morgan fingerprint density at radius 1 is 0.304 bits per heavy atom. The van der Waals surface area contributed by atoms with Crippen molar-refractivity contribution in [1.29, 1.82) is 0 Å². The molecular weight excluding hydrogens is 676 g/mol. The van der Waals surface area contributed by atoms with Gasteiger partial charge in [-0.2, -0.15) is 0 Å². The quantitative estimate of drug-likeness (QED) is 0.165.